The summed E-state index contributed by atoms with van der Waals surface area (Å²) in [5.41, 5.74) is 0.157. The number of rotatable bonds is 8. The van der Waals surface area contributed by atoms with Crippen LogP contribution in [0.1, 0.15) is 24.2 Å². The van der Waals surface area contributed by atoms with E-state index >= 15 is 0 Å². The molecule has 0 aliphatic heterocycles. The minimum atomic E-state index is -3.68. The van der Waals surface area contributed by atoms with E-state index in [-0.39, 0.29) is 28.9 Å². The molecule has 27 heavy (non-hydrogen) atoms. The van der Waals surface area contributed by atoms with Crippen LogP contribution in [0.25, 0.3) is 0 Å². The van der Waals surface area contributed by atoms with Gasteiger partial charge in [0.15, 0.2) is 0 Å². The first-order valence-electron chi connectivity index (χ1n) is 8.36. The second kappa shape index (κ2) is 9.34. The fourth-order valence-corrected chi connectivity index (χ4v) is 4.34. The number of hydrogen-bond acceptors (Lipinski definition) is 5. The first-order chi connectivity index (χ1) is 12.7. The zero-order chi connectivity index (χ0) is 20.0. The molecule has 0 amide bonds. The standard InChI is InChI=1S/C19H22FNO4S2/c1-14(2)21(3)27(23,24)16-8-6-7-15(13-16)19(22)25-11-12-26-18-10-5-4-9-17(18)20/h4-10,13-14H,11-12H2,1-3H3. The molecule has 0 N–H and O–H groups in total. The molecule has 0 aliphatic rings. The highest BCUT2D eigenvalue weighted by Gasteiger charge is 2.24. The van der Waals surface area contributed by atoms with E-state index < -0.39 is 16.0 Å². The van der Waals surface area contributed by atoms with Crippen molar-refractivity contribution < 1.29 is 22.3 Å². The molecule has 0 aromatic heterocycles. The normalized spacial score (nSPS) is 11.8. The maximum absolute atomic E-state index is 13.5. The number of thioether (sulfide) groups is 1. The molecule has 0 unspecified atom stereocenters. The highest BCUT2D eigenvalue weighted by atomic mass is 32.2. The third-order valence-corrected chi connectivity index (χ3v) is 6.93. The van der Waals surface area contributed by atoms with Crippen molar-refractivity contribution in [2.75, 3.05) is 19.4 Å². The number of esters is 1. The Kier molecular flexibility index (Phi) is 7.41. The molecule has 2 rings (SSSR count). The molecule has 0 fully saturated rings. The largest absolute Gasteiger partial charge is 0.461 e. The molecule has 0 radical (unpaired) electrons. The van der Waals surface area contributed by atoms with Gasteiger partial charge in [0, 0.05) is 23.7 Å². The molecule has 2 aromatic carbocycles. The molecule has 0 atom stereocenters. The summed E-state index contributed by atoms with van der Waals surface area (Å²) in [5.74, 6) is -0.546. The summed E-state index contributed by atoms with van der Waals surface area (Å²) in [4.78, 5) is 12.7. The van der Waals surface area contributed by atoms with E-state index in [4.69, 9.17) is 4.74 Å². The lowest BCUT2D eigenvalue weighted by Crippen LogP contribution is -2.33. The van der Waals surface area contributed by atoms with Gasteiger partial charge < -0.3 is 4.74 Å². The van der Waals surface area contributed by atoms with Gasteiger partial charge >= 0.3 is 5.97 Å². The van der Waals surface area contributed by atoms with Gasteiger partial charge in [-0.25, -0.2) is 17.6 Å². The average molecular weight is 412 g/mol. The van der Waals surface area contributed by atoms with Crippen molar-refractivity contribution in [1.29, 1.82) is 0 Å². The quantitative estimate of drug-likeness (QED) is 0.376. The Bertz CT molecular complexity index is 900. The summed E-state index contributed by atoms with van der Waals surface area (Å²) in [5, 5.41) is 0. The van der Waals surface area contributed by atoms with Crippen LogP contribution >= 0.6 is 11.8 Å². The number of carbonyl (C=O) groups excluding carboxylic acids is 1. The molecule has 0 saturated carbocycles. The van der Waals surface area contributed by atoms with E-state index in [2.05, 4.69) is 0 Å². The fourth-order valence-electron chi connectivity index (χ4n) is 2.16. The van der Waals surface area contributed by atoms with Crippen molar-refractivity contribution in [3.8, 4) is 0 Å². The lowest BCUT2D eigenvalue weighted by atomic mass is 10.2. The van der Waals surface area contributed by atoms with Crippen LogP contribution in [-0.2, 0) is 14.8 Å². The molecule has 0 saturated heterocycles. The van der Waals surface area contributed by atoms with Gasteiger partial charge in [-0.2, -0.15) is 4.31 Å². The Morgan fingerprint density at radius 1 is 1.19 bits per heavy atom. The van der Waals surface area contributed by atoms with Crippen LogP contribution < -0.4 is 0 Å². The SMILES string of the molecule is CC(C)N(C)S(=O)(=O)c1cccc(C(=O)OCCSc2ccccc2F)c1. The Morgan fingerprint density at radius 3 is 2.56 bits per heavy atom. The number of nitrogens with zero attached hydrogens (tertiary/aromatic N) is 1. The lowest BCUT2D eigenvalue weighted by Gasteiger charge is -2.21. The van der Waals surface area contributed by atoms with Crippen LogP contribution in [0.4, 0.5) is 4.39 Å². The molecular formula is C19H22FNO4S2. The van der Waals surface area contributed by atoms with Crippen LogP contribution in [0, 0.1) is 5.82 Å². The molecule has 2 aromatic rings. The first kappa shape index (κ1) is 21.4. The van der Waals surface area contributed by atoms with Crippen molar-refractivity contribution in [2.24, 2.45) is 0 Å². The van der Waals surface area contributed by atoms with Gasteiger partial charge in [0.2, 0.25) is 10.0 Å². The summed E-state index contributed by atoms with van der Waals surface area (Å²) in [6, 6.07) is 11.9. The molecular weight excluding hydrogens is 389 g/mol. The summed E-state index contributed by atoms with van der Waals surface area (Å²) < 4.78 is 45.0. The van der Waals surface area contributed by atoms with Gasteiger partial charge in [-0.15, -0.1) is 11.8 Å². The highest BCUT2D eigenvalue weighted by molar-refractivity contribution is 7.99. The van der Waals surface area contributed by atoms with Gasteiger partial charge in [0.1, 0.15) is 12.4 Å². The number of benzene rings is 2. The number of hydrogen-bond donors (Lipinski definition) is 0. The van der Waals surface area contributed by atoms with Gasteiger partial charge in [0.25, 0.3) is 0 Å². The van der Waals surface area contributed by atoms with Crippen molar-refractivity contribution in [2.45, 2.75) is 29.7 Å². The van der Waals surface area contributed by atoms with Crippen LogP contribution in [0.2, 0.25) is 0 Å². The molecule has 5 nitrogen and oxygen atoms in total. The second-order valence-corrected chi connectivity index (χ2v) is 9.19. The third-order valence-electron chi connectivity index (χ3n) is 3.88. The van der Waals surface area contributed by atoms with Gasteiger partial charge in [-0.1, -0.05) is 18.2 Å². The summed E-state index contributed by atoms with van der Waals surface area (Å²) >= 11 is 1.24. The summed E-state index contributed by atoms with van der Waals surface area (Å²) in [6.07, 6.45) is 0. The van der Waals surface area contributed by atoms with Crippen LogP contribution in [0.5, 0.6) is 0 Å². The number of halogens is 1. The van der Waals surface area contributed by atoms with Gasteiger partial charge in [0.05, 0.1) is 10.5 Å². The summed E-state index contributed by atoms with van der Waals surface area (Å²) in [6.45, 7) is 3.62. The van der Waals surface area contributed by atoms with Crippen LogP contribution in [0.3, 0.4) is 0 Å². The highest BCUT2D eigenvalue weighted by Crippen LogP contribution is 2.21. The van der Waals surface area contributed by atoms with Crippen LogP contribution in [-0.4, -0.2) is 44.1 Å². The molecule has 146 valence electrons. The predicted molar refractivity (Wildman–Crippen MR) is 104 cm³/mol. The Labute approximate surface area is 163 Å². The minimum Gasteiger partial charge on any atom is -0.461 e. The van der Waals surface area contributed by atoms with Gasteiger partial charge in [-0.3, -0.25) is 0 Å². The maximum atomic E-state index is 13.5. The predicted octanol–water partition coefficient (Wildman–Crippen LogP) is 3.80. The Morgan fingerprint density at radius 2 is 1.89 bits per heavy atom. The Hall–Kier alpha value is -1.90. The topological polar surface area (TPSA) is 63.7 Å². The lowest BCUT2D eigenvalue weighted by molar-refractivity contribution is 0.0530. The van der Waals surface area contributed by atoms with Crippen molar-refractivity contribution >= 4 is 27.8 Å². The second-order valence-electron chi connectivity index (χ2n) is 6.06. The van der Waals surface area contributed by atoms with E-state index in [9.17, 15) is 17.6 Å². The molecule has 8 heteroatoms. The molecule has 0 heterocycles. The van der Waals surface area contributed by atoms with Crippen molar-refractivity contribution in [3.05, 3.63) is 59.9 Å². The number of sulfonamides is 1. The zero-order valence-electron chi connectivity index (χ0n) is 15.4. The number of ether oxygens (including phenoxy) is 1. The van der Waals surface area contributed by atoms with E-state index in [1.54, 1.807) is 32.0 Å². The van der Waals surface area contributed by atoms with Crippen molar-refractivity contribution in [1.82, 2.24) is 4.31 Å². The number of carbonyl (C=O) groups is 1. The van der Waals surface area contributed by atoms with E-state index in [0.29, 0.717) is 10.6 Å². The fraction of sp³-hybridized carbons (Fsp3) is 0.316. The molecule has 0 spiro atoms. The minimum absolute atomic E-state index is 0.0360. The first-order valence-corrected chi connectivity index (χ1v) is 10.8. The average Bonchev–Trinajstić information content (AvgIpc) is 2.65. The molecule has 0 bridgehead atoms. The molecule has 0 aliphatic carbocycles. The van der Waals surface area contributed by atoms with Crippen molar-refractivity contribution in [3.63, 3.8) is 0 Å². The van der Waals surface area contributed by atoms with E-state index in [1.807, 2.05) is 0 Å². The maximum Gasteiger partial charge on any atom is 0.338 e. The van der Waals surface area contributed by atoms with Crippen LogP contribution in [0.15, 0.2) is 58.3 Å². The summed E-state index contributed by atoms with van der Waals surface area (Å²) in [7, 11) is -2.19. The smallest absolute Gasteiger partial charge is 0.338 e. The zero-order valence-corrected chi connectivity index (χ0v) is 17.0. The monoisotopic (exact) mass is 411 g/mol. The van der Waals surface area contributed by atoms with E-state index in [1.165, 1.54) is 53.4 Å². The Balaban J connectivity index is 1.98. The van der Waals surface area contributed by atoms with E-state index in [0.717, 1.165) is 0 Å². The van der Waals surface area contributed by atoms with Gasteiger partial charge in [-0.05, 0) is 44.2 Å². The third kappa shape index (κ3) is 5.54.